The average Bonchev–Trinajstić information content (AvgIpc) is 3.46. The smallest absolute Gasteiger partial charge is 0.338 e. The fourth-order valence-electron chi connectivity index (χ4n) is 3.36. The first-order valence-electron chi connectivity index (χ1n) is 11.8. The molecule has 0 radical (unpaired) electrons. The van der Waals surface area contributed by atoms with E-state index in [1.165, 1.54) is 11.4 Å². The molecule has 0 atom stereocenters. The summed E-state index contributed by atoms with van der Waals surface area (Å²) in [5.41, 5.74) is 1.39. The van der Waals surface area contributed by atoms with Crippen LogP contribution in [-0.4, -0.2) is 65.1 Å². The van der Waals surface area contributed by atoms with Crippen molar-refractivity contribution < 1.29 is 27.5 Å². The molecule has 0 unspecified atom stereocenters. The number of likely N-dealkylation sites (N-methyl/N-ethyl adjacent to an activating group) is 1. The maximum absolute atomic E-state index is 12.6. The topological polar surface area (TPSA) is 105 Å². The maximum Gasteiger partial charge on any atom is 0.338 e. The number of esters is 1. The molecule has 3 rings (SSSR count). The van der Waals surface area contributed by atoms with Crippen molar-refractivity contribution in [3.8, 4) is 5.75 Å². The molecule has 12 heteroatoms. The minimum Gasteiger partial charge on any atom is -0.484 e. The molecule has 0 aliphatic rings. The van der Waals surface area contributed by atoms with E-state index < -0.39 is 16.0 Å². The van der Waals surface area contributed by atoms with Crippen LogP contribution in [0.5, 0.6) is 5.75 Å². The van der Waals surface area contributed by atoms with Gasteiger partial charge in [0.15, 0.2) is 6.61 Å². The van der Waals surface area contributed by atoms with Crippen LogP contribution in [0.25, 0.3) is 0 Å². The highest BCUT2D eigenvalue weighted by Gasteiger charge is 2.22. The predicted octanol–water partition coefficient (Wildman–Crippen LogP) is 4.51. The zero-order valence-corrected chi connectivity index (χ0v) is 23.9. The Morgan fingerprint density at radius 3 is 2.21 bits per heavy atom. The Morgan fingerprint density at radius 2 is 1.63 bits per heavy atom. The number of halogens is 1. The van der Waals surface area contributed by atoms with Crippen molar-refractivity contribution >= 4 is 57.0 Å². The van der Waals surface area contributed by atoms with Crippen LogP contribution in [0.2, 0.25) is 0 Å². The number of carbonyl (C=O) groups is 2. The minimum absolute atomic E-state index is 0. The molecule has 2 aromatic carbocycles. The Kier molecular flexibility index (Phi) is 12.0. The maximum atomic E-state index is 12.6. The van der Waals surface area contributed by atoms with Gasteiger partial charge in [-0.1, -0.05) is 19.9 Å². The van der Waals surface area contributed by atoms with Crippen LogP contribution >= 0.6 is 23.7 Å². The molecule has 9 nitrogen and oxygen atoms in total. The van der Waals surface area contributed by atoms with Crippen LogP contribution in [0.4, 0.5) is 11.4 Å². The van der Waals surface area contributed by atoms with E-state index in [0.717, 1.165) is 24.4 Å². The number of amides is 1. The number of sulfonamides is 1. The van der Waals surface area contributed by atoms with E-state index in [9.17, 15) is 18.0 Å². The normalized spacial score (nSPS) is 10.9. The zero-order chi connectivity index (χ0) is 26.8. The van der Waals surface area contributed by atoms with E-state index in [4.69, 9.17) is 9.47 Å². The standard InChI is InChI=1S/C26H31N3O6S2.ClH/c1-4-29(5-2)16-17-34-26(31)20-8-10-21(11-9-20)27-24(30)19-35-23-14-12-22(13-15-23)28(3)37(32,33)25-7-6-18-36-25;/h6-15,18H,4-5,16-17,19H2,1-3H3,(H,27,30);1H. The molecule has 1 N–H and O–H groups in total. The Labute approximate surface area is 233 Å². The molecular weight excluding hydrogens is 550 g/mol. The number of nitrogens with zero attached hydrogens (tertiary/aromatic N) is 2. The summed E-state index contributed by atoms with van der Waals surface area (Å²) in [6.45, 7) is 6.67. The predicted molar refractivity (Wildman–Crippen MR) is 152 cm³/mol. The van der Waals surface area contributed by atoms with E-state index in [1.54, 1.807) is 66.0 Å². The number of anilines is 2. The summed E-state index contributed by atoms with van der Waals surface area (Å²) >= 11 is 1.15. The molecule has 0 spiro atoms. The largest absolute Gasteiger partial charge is 0.484 e. The van der Waals surface area contributed by atoms with Gasteiger partial charge in [-0.05, 0) is 73.1 Å². The Bertz CT molecular complexity index is 1260. The lowest BCUT2D eigenvalue weighted by molar-refractivity contribution is -0.118. The Balaban J connectivity index is 0.00000507. The van der Waals surface area contributed by atoms with E-state index in [-0.39, 0.29) is 29.1 Å². The van der Waals surface area contributed by atoms with Crippen molar-refractivity contribution in [3.05, 3.63) is 71.6 Å². The van der Waals surface area contributed by atoms with Gasteiger partial charge in [-0.2, -0.15) is 0 Å². The van der Waals surface area contributed by atoms with Crippen LogP contribution in [-0.2, 0) is 19.6 Å². The quantitative estimate of drug-likeness (QED) is 0.296. The lowest BCUT2D eigenvalue weighted by Crippen LogP contribution is -2.27. The van der Waals surface area contributed by atoms with Gasteiger partial charge in [0.1, 0.15) is 16.6 Å². The van der Waals surface area contributed by atoms with Gasteiger partial charge in [0.2, 0.25) is 0 Å². The second-order valence-electron chi connectivity index (χ2n) is 7.98. The highest BCUT2D eigenvalue weighted by molar-refractivity contribution is 7.94. The molecule has 0 bridgehead atoms. The lowest BCUT2D eigenvalue weighted by Gasteiger charge is -2.18. The fraction of sp³-hybridized carbons (Fsp3) is 0.308. The molecule has 1 amide bonds. The highest BCUT2D eigenvalue weighted by Crippen LogP contribution is 2.26. The first kappa shape index (κ1) is 31.1. The van der Waals surface area contributed by atoms with Crippen LogP contribution in [0.3, 0.4) is 0 Å². The molecule has 0 saturated heterocycles. The molecule has 0 saturated carbocycles. The van der Waals surface area contributed by atoms with Gasteiger partial charge >= 0.3 is 5.97 Å². The molecular formula is C26H32ClN3O6S2. The minimum atomic E-state index is -3.63. The van der Waals surface area contributed by atoms with Gasteiger partial charge in [0.05, 0.1) is 11.3 Å². The van der Waals surface area contributed by atoms with Crippen molar-refractivity contribution in [1.82, 2.24) is 4.90 Å². The van der Waals surface area contributed by atoms with E-state index in [1.807, 2.05) is 0 Å². The third-order valence-electron chi connectivity index (χ3n) is 5.62. The highest BCUT2D eigenvalue weighted by atomic mass is 35.5. The molecule has 0 fully saturated rings. The molecule has 1 aromatic heterocycles. The number of ether oxygens (including phenoxy) is 2. The number of nitrogens with one attached hydrogen (secondary N) is 1. The summed E-state index contributed by atoms with van der Waals surface area (Å²) in [5.74, 6) is -0.370. The van der Waals surface area contributed by atoms with E-state index in [2.05, 4.69) is 24.1 Å². The van der Waals surface area contributed by atoms with Crippen LogP contribution in [0, 0.1) is 0 Å². The Hall–Kier alpha value is -3.12. The van der Waals surface area contributed by atoms with E-state index >= 15 is 0 Å². The third-order valence-corrected chi connectivity index (χ3v) is 8.78. The van der Waals surface area contributed by atoms with Crippen molar-refractivity contribution in [2.75, 3.05) is 49.5 Å². The van der Waals surface area contributed by atoms with Gasteiger partial charge in [0, 0.05) is 19.3 Å². The van der Waals surface area contributed by atoms with Crippen LogP contribution in [0.15, 0.2) is 70.3 Å². The zero-order valence-electron chi connectivity index (χ0n) is 21.5. The van der Waals surface area contributed by atoms with Crippen LogP contribution in [0.1, 0.15) is 24.2 Å². The van der Waals surface area contributed by atoms with Gasteiger partial charge < -0.3 is 19.7 Å². The number of thiophene rings is 1. The van der Waals surface area contributed by atoms with Crippen molar-refractivity contribution in [3.63, 3.8) is 0 Å². The average molecular weight is 582 g/mol. The van der Waals surface area contributed by atoms with Crippen LogP contribution < -0.4 is 14.4 Å². The monoisotopic (exact) mass is 581 g/mol. The lowest BCUT2D eigenvalue weighted by atomic mass is 10.2. The number of carbonyl (C=O) groups excluding carboxylic acids is 2. The molecule has 206 valence electrons. The van der Waals surface area contributed by atoms with Gasteiger partial charge in [-0.25, -0.2) is 13.2 Å². The summed E-state index contributed by atoms with van der Waals surface area (Å²) < 4.78 is 37.6. The summed E-state index contributed by atoms with van der Waals surface area (Å²) in [7, 11) is -2.14. The van der Waals surface area contributed by atoms with E-state index in [0.29, 0.717) is 35.8 Å². The van der Waals surface area contributed by atoms with Gasteiger partial charge in [-0.3, -0.25) is 9.10 Å². The molecule has 0 aliphatic heterocycles. The van der Waals surface area contributed by atoms with Gasteiger partial charge in [0.25, 0.3) is 15.9 Å². The number of rotatable bonds is 13. The summed E-state index contributed by atoms with van der Waals surface area (Å²) in [6, 6.07) is 16.1. The molecule has 0 aliphatic carbocycles. The number of hydrogen-bond donors (Lipinski definition) is 1. The second kappa shape index (κ2) is 14.7. The fourth-order valence-corrected chi connectivity index (χ4v) is 5.72. The second-order valence-corrected chi connectivity index (χ2v) is 11.1. The molecule has 3 aromatic rings. The molecule has 1 heterocycles. The summed E-state index contributed by atoms with van der Waals surface area (Å²) in [6.07, 6.45) is 0. The Morgan fingerprint density at radius 1 is 0.974 bits per heavy atom. The van der Waals surface area contributed by atoms with Crippen molar-refractivity contribution in [2.24, 2.45) is 0 Å². The number of benzene rings is 2. The van der Waals surface area contributed by atoms with Crippen molar-refractivity contribution in [1.29, 1.82) is 0 Å². The number of hydrogen-bond acceptors (Lipinski definition) is 8. The molecule has 38 heavy (non-hydrogen) atoms. The SMILES string of the molecule is CCN(CC)CCOC(=O)c1ccc(NC(=O)COc2ccc(N(C)S(=O)(=O)c3cccs3)cc2)cc1.Cl. The third kappa shape index (κ3) is 8.45. The first-order chi connectivity index (χ1) is 17.7. The van der Waals surface area contributed by atoms with Crippen molar-refractivity contribution in [2.45, 2.75) is 18.1 Å². The summed E-state index contributed by atoms with van der Waals surface area (Å²) in [4.78, 5) is 26.6. The summed E-state index contributed by atoms with van der Waals surface area (Å²) in [5, 5.41) is 4.42. The van der Waals surface area contributed by atoms with Gasteiger partial charge in [-0.15, -0.1) is 23.7 Å². The first-order valence-corrected chi connectivity index (χ1v) is 14.1.